The van der Waals surface area contributed by atoms with Crippen LogP contribution in [-0.2, 0) is 0 Å². The van der Waals surface area contributed by atoms with Gasteiger partial charge in [-0.25, -0.2) is 14.1 Å². The number of nitrogens with two attached hydrogens (primary N) is 1. The van der Waals surface area contributed by atoms with Crippen LogP contribution in [0.15, 0.2) is 36.9 Å². The molecule has 0 radical (unpaired) electrons. The Hall–Kier alpha value is -2.15. The summed E-state index contributed by atoms with van der Waals surface area (Å²) in [5.74, 6) is 0.589. The van der Waals surface area contributed by atoms with Crippen molar-refractivity contribution in [2.75, 3.05) is 11.4 Å². The van der Waals surface area contributed by atoms with E-state index in [0.717, 1.165) is 9.99 Å². The van der Waals surface area contributed by atoms with Crippen LogP contribution in [0.3, 0.4) is 0 Å². The standard InChI is InChI=1S/C11H12N4O2S/c1-17-10-6-8(15(18)11(12)16)2-3-9(10)14-5-4-13-7-14/h2-7,18H,1H3,(H2,12,16). The largest absolute Gasteiger partial charge is 0.494 e. The summed E-state index contributed by atoms with van der Waals surface area (Å²) in [6.07, 6.45) is 5.12. The Balaban J connectivity index is 2.44. The third kappa shape index (κ3) is 2.25. The van der Waals surface area contributed by atoms with Gasteiger partial charge in [0.05, 0.1) is 24.8 Å². The van der Waals surface area contributed by atoms with E-state index in [4.69, 9.17) is 10.5 Å². The predicted molar refractivity (Wildman–Crippen MR) is 71.2 cm³/mol. The van der Waals surface area contributed by atoms with Crippen LogP contribution in [0.1, 0.15) is 0 Å². The number of carbonyl (C=O) groups excluding carboxylic acids is 1. The maximum Gasteiger partial charge on any atom is 0.329 e. The number of nitrogens with zero attached hydrogens (tertiary/aromatic N) is 3. The van der Waals surface area contributed by atoms with Crippen LogP contribution in [0, 0.1) is 0 Å². The normalized spacial score (nSPS) is 10.1. The smallest absolute Gasteiger partial charge is 0.329 e. The van der Waals surface area contributed by atoms with Gasteiger partial charge in [0.15, 0.2) is 0 Å². The van der Waals surface area contributed by atoms with E-state index in [-0.39, 0.29) is 0 Å². The van der Waals surface area contributed by atoms with E-state index in [9.17, 15) is 4.79 Å². The van der Waals surface area contributed by atoms with E-state index < -0.39 is 6.03 Å². The lowest BCUT2D eigenvalue weighted by Gasteiger charge is -2.16. The van der Waals surface area contributed by atoms with E-state index >= 15 is 0 Å². The molecule has 7 heteroatoms. The van der Waals surface area contributed by atoms with Gasteiger partial charge in [-0.05, 0) is 12.1 Å². The number of hydrogen-bond acceptors (Lipinski definition) is 4. The van der Waals surface area contributed by atoms with Gasteiger partial charge in [0.1, 0.15) is 5.75 Å². The monoisotopic (exact) mass is 264 g/mol. The minimum absolute atomic E-state index is 0.534. The van der Waals surface area contributed by atoms with Gasteiger partial charge in [0, 0.05) is 18.5 Å². The van der Waals surface area contributed by atoms with Gasteiger partial charge in [-0.15, -0.1) is 0 Å². The number of urea groups is 1. The number of ether oxygens (including phenoxy) is 1. The second kappa shape index (κ2) is 5.01. The molecule has 0 atom stereocenters. The Kier molecular flexibility index (Phi) is 3.42. The van der Waals surface area contributed by atoms with Gasteiger partial charge in [0.25, 0.3) is 0 Å². The number of rotatable bonds is 3. The maximum atomic E-state index is 11.0. The Morgan fingerprint density at radius 2 is 2.33 bits per heavy atom. The molecule has 0 bridgehead atoms. The Bertz CT molecular complexity index is 556. The van der Waals surface area contributed by atoms with Crippen LogP contribution in [0.4, 0.5) is 10.5 Å². The molecule has 0 unspecified atom stereocenters. The molecule has 2 aromatic rings. The zero-order chi connectivity index (χ0) is 13.1. The summed E-state index contributed by atoms with van der Waals surface area (Å²) in [5.41, 5.74) is 6.49. The zero-order valence-corrected chi connectivity index (χ0v) is 10.5. The molecule has 0 saturated carbocycles. The summed E-state index contributed by atoms with van der Waals surface area (Å²) >= 11 is 3.99. The molecule has 2 N–H and O–H groups in total. The van der Waals surface area contributed by atoms with Crippen LogP contribution < -0.4 is 14.8 Å². The van der Waals surface area contributed by atoms with Crippen LogP contribution in [0.5, 0.6) is 5.75 Å². The molecular formula is C11H12N4O2S. The Morgan fingerprint density at radius 1 is 1.56 bits per heavy atom. The molecule has 94 valence electrons. The number of methoxy groups -OCH3 is 1. The molecule has 0 aliphatic rings. The Labute approximate surface area is 110 Å². The molecule has 0 aliphatic carbocycles. The number of hydrogen-bond donors (Lipinski definition) is 2. The van der Waals surface area contributed by atoms with Gasteiger partial charge in [-0.2, -0.15) is 0 Å². The average Bonchev–Trinajstić information content (AvgIpc) is 2.90. The number of amides is 2. The van der Waals surface area contributed by atoms with Crippen LogP contribution in [0.2, 0.25) is 0 Å². The van der Waals surface area contributed by atoms with Crippen molar-refractivity contribution in [2.24, 2.45) is 5.73 Å². The molecule has 6 nitrogen and oxygen atoms in total. The minimum atomic E-state index is -0.657. The topological polar surface area (TPSA) is 73.4 Å². The van der Waals surface area contributed by atoms with Crippen LogP contribution >= 0.6 is 12.8 Å². The summed E-state index contributed by atoms with van der Waals surface area (Å²) < 4.78 is 8.12. The highest BCUT2D eigenvalue weighted by Gasteiger charge is 2.12. The highest BCUT2D eigenvalue weighted by Crippen LogP contribution is 2.29. The minimum Gasteiger partial charge on any atom is -0.494 e. The fraction of sp³-hybridized carbons (Fsp3) is 0.0909. The van der Waals surface area contributed by atoms with Gasteiger partial charge < -0.3 is 15.0 Å². The Morgan fingerprint density at radius 3 is 2.89 bits per heavy atom. The molecular weight excluding hydrogens is 252 g/mol. The van der Waals surface area contributed by atoms with Crippen molar-refractivity contribution in [2.45, 2.75) is 0 Å². The lowest BCUT2D eigenvalue weighted by molar-refractivity contribution is 0.257. The quantitative estimate of drug-likeness (QED) is 0.827. The molecule has 0 aliphatic heterocycles. The molecule has 1 aromatic heterocycles. The summed E-state index contributed by atoms with van der Waals surface area (Å²) in [5, 5.41) is 0. The first kappa shape index (κ1) is 12.3. The van der Waals surface area contributed by atoms with Crippen molar-refractivity contribution < 1.29 is 9.53 Å². The molecule has 0 fully saturated rings. The van der Waals surface area contributed by atoms with E-state index in [1.165, 1.54) is 0 Å². The third-order valence-corrected chi connectivity index (χ3v) is 2.83. The fourth-order valence-corrected chi connectivity index (χ4v) is 1.66. The molecule has 2 rings (SSSR count). The number of benzene rings is 1. The number of carbonyl (C=O) groups is 1. The first-order valence-corrected chi connectivity index (χ1v) is 5.48. The summed E-state index contributed by atoms with van der Waals surface area (Å²) in [4.78, 5) is 15.0. The number of aromatic nitrogens is 2. The van der Waals surface area contributed by atoms with E-state index in [2.05, 4.69) is 17.8 Å². The summed E-state index contributed by atoms with van der Waals surface area (Å²) in [6.45, 7) is 0. The van der Waals surface area contributed by atoms with Gasteiger partial charge >= 0.3 is 6.03 Å². The van der Waals surface area contributed by atoms with E-state index in [1.54, 1.807) is 48.6 Å². The van der Waals surface area contributed by atoms with Crippen LogP contribution in [-0.4, -0.2) is 22.7 Å². The number of anilines is 1. The highest BCUT2D eigenvalue weighted by molar-refractivity contribution is 7.82. The van der Waals surface area contributed by atoms with Gasteiger partial charge in [-0.3, -0.25) is 0 Å². The predicted octanol–water partition coefficient (Wildman–Crippen LogP) is 1.61. The fourth-order valence-electron chi connectivity index (χ4n) is 1.54. The maximum absolute atomic E-state index is 11.0. The average molecular weight is 264 g/mol. The highest BCUT2D eigenvalue weighted by atomic mass is 32.1. The van der Waals surface area contributed by atoms with E-state index in [1.807, 2.05) is 0 Å². The first-order chi connectivity index (χ1) is 8.63. The number of thiol groups is 1. The number of imidazole rings is 1. The summed E-state index contributed by atoms with van der Waals surface area (Å²) in [7, 11) is 1.55. The van der Waals surface area contributed by atoms with Crippen molar-refractivity contribution >= 4 is 24.5 Å². The first-order valence-electron chi connectivity index (χ1n) is 5.08. The SMILES string of the molecule is COc1cc(N(S)C(N)=O)ccc1-n1ccnc1. The van der Waals surface area contributed by atoms with Crippen molar-refractivity contribution in [1.29, 1.82) is 0 Å². The molecule has 0 spiro atoms. The second-order valence-electron chi connectivity index (χ2n) is 3.48. The molecule has 0 saturated heterocycles. The number of primary amides is 1. The zero-order valence-electron chi connectivity index (χ0n) is 9.65. The summed E-state index contributed by atoms with van der Waals surface area (Å²) in [6, 6.07) is 4.53. The molecule has 18 heavy (non-hydrogen) atoms. The molecule has 1 aromatic carbocycles. The third-order valence-electron chi connectivity index (χ3n) is 2.40. The van der Waals surface area contributed by atoms with Crippen molar-refractivity contribution in [3.05, 3.63) is 36.9 Å². The van der Waals surface area contributed by atoms with E-state index in [0.29, 0.717) is 11.4 Å². The van der Waals surface area contributed by atoms with Crippen molar-refractivity contribution in [3.8, 4) is 11.4 Å². The van der Waals surface area contributed by atoms with Crippen molar-refractivity contribution in [3.63, 3.8) is 0 Å². The lowest BCUT2D eigenvalue weighted by atomic mass is 10.2. The lowest BCUT2D eigenvalue weighted by Crippen LogP contribution is -2.27. The molecule has 1 heterocycles. The van der Waals surface area contributed by atoms with Crippen molar-refractivity contribution in [1.82, 2.24) is 9.55 Å². The van der Waals surface area contributed by atoms with Gasteiger partial charge in [0.2, 0.25) is 0 Å². The van der Waals surface area contributed by atoms with Crippen LogP contribution in [0.25, 0.3) is 5.69 Å². The second-order valence-corrected chi connectivity index (χ2v) is 3.88. The van der Waals surface area contributed by atoms with Gasteiger partial charge in [-0.1, -0.05) is 12.8 Å². The molecule has 2 amide bonds.